The van der Waals surface area contributed by atoms with Gasteiger partial charge in [0.1, 0.15) is 11.9 Å². The van der Waals surface area contributed by atoms with Crippen molar-refractivity contribution in [2.24, 2.45) is 5.73 Å². The Balaban J connectivity index is 1.32. The average Bonchev–Trinajstić information content (AvgIpc) is 3.00. The van der Waals surface area contributed by atoms with Crippen molar-refractivity contribution in [3.05, 3.63) is 65.9 Å². The second-order valence-corrected chi connectivity index (χ2v) is 6.97. The number of benzene rings is 2. The largest absolute Gasteiger partial charge is 0.487 e. The first-order valence-electron chi connectivity index (χ1n) is 8.93. The molecule has 1 fully saturated rings. The van der Waals surface area contributed by atoms with Gasteiger partial charge < -0.3 is 20.4 Å². The van der Waals surface area contributed by atoms with Crippen LogP contribution in [0.1, 0.15) is 11.1 Å². The number of carbonyl (C=O) groups is 1. The third-order valence-corrected chi connectivity index (χ3v) is 4.88. The van der Waals surface area contributed by atoms with Crippen LogP contribution in [-0.4, -0.2) is 41.0 Å². The predicted octanol–water partition coefficient (Wildman–Crippen LogP) is 2.64. The molecule has 3 aromatic rings. The van der Waals surface area contributed by atoms with Crippen molar-refractivity contribution in [3.8, 4) is 5.75 Å². The number of H-pyrrole nitrogens is 1. The zero-order valence-corrected chi connectivity index (χ0v) is 14.8. The standard InChI is InChI=1S/C21H23N3O2/c1-14-5-4-6-16(9-14)26-17-12-24(13-17)21(25)19(22)10-15-11-23-20-8-3-2-7-18(15)20/h2-9,11,17,19,23H,10,12-13,22H2,1H3/t19-/m1/s1. The van der Waals surface area contributed by atoms with Gasteiger partial charge in [-0.3, -0.25) is 4.79 Å². The number of amides is 1. The summed E-state index contributed by atoms with van der Waals surface area (Å²) >= 11 is 0. The molecule has 1 aromatic heterocycles. The van der Waals surface area contributed by atoms with Gasteiger partial charge in [-0.05, 0) is 42.7 Å². The Labute approximate surface area is 152 Å². The molecule has 2 heterocycles. The van der Waals surface area contributed by atoms with Crippen molar-refractivity contribution in [1.82, 2.24) is 9.88 Å². The monoisotopic (exact) mass is 349 g/mol. The summed E-state index contributed by atoms with van der Waals surface area (Å²) in [5.74, 6) is 0.838. The summed E-state index contributed by atoms with van der Waals surface area (Å²) in [4.78, 5) is 17.6. The number of likely N-dealkylation sites (tertiary alicyclic amines) is 1. The maximum atomic E-state index is 12.6. The summed E-state index contributed by atoms with van der Waals surface area (Å²) in [6, 6.07) is 15.5. The number of aromatic amines is 1. The molecule has 0 saturated carbocycles. The van der Waals surface area contributed by atoms with Gasteiger partial charge in [-0.1, -0.05) is 30.3 Å². The highest BCUT2D eigenvalue weighted by molar-refractivity contribution is 5.86. The summed E-state index contributed by atoms with van der Waals surface area (Å²) < 4.78 is 5.92. The van der Waals surface area contributed by atoms with Gasteiger partial charge in [0.05, 0.1) is 19.1 Å². The van der Waals surface area contributed by atoms with E-state index in [9.17, 15) is 4.79 Å². The number of nitrogens with one attached hydrogen (secondary N) is 1. The molecule has 0 radical (unpaired) electrons. The molecule has 5 nitrogen and oxygen atoms in total. The minimum Gasteiger partial charge on any atom is -0.487 e. The predicted molar refractivity (Wildman–Crippen MR) is 102 cm³/mol. The second kappa shape index (κ2) is 6.84. The van der Waals surface area contributed by atoms with Crippen LogP contribution < -0.4 is 10.5 Å². The normalized spacial score (nSPS) is 15.7. The molecular weight excluding hydrogens is 326 g/mol. The number of nitrogens with two attached hydrogens (primary N) is 1. The van der Waals surface area contributed by atoms with Gasteiger partial charge in [0.25, 0.3) is 0 Å². The first-order valence-corrected chi connectivity index (χ1v) is 8.93. The molecule has 4 rings (SSSR count). The van der Waals surface area contributed by atoms with E-state index in [0.717, 1.165) is 27.8 Å². The zero-order chi connectivity index (χ0) is 18.1. The number of ether oxygens (including phenoxy) is 1. The first-order chi connectivity index (χ1) is 12.6. The van der Waals surface area contributed by atoms with Crippen molar-refractivity contribution in [1.29, 1.82) is 0 Å². The number of hydrogen-bond donors (Lipinski definition) is 2. The minimum atomic E-state index is -0.533. The maximum Gasteiger partial charge on any atom is 0.240 e. The molecule has 1 saturated heterocycles. The molecule has 0 spiro atoms. The summed E-state index contributed by atoms with van der Waals surface area (Å²) in [5, 5.41) is 1.13. The van der Waals surface area contributed by atoms with Crippen LogP contribution in [0.3, 0.4) is 0 Å². The first kappa shape index (κ1) is 16.7. The highest BCUT2D eigenvalue weighted by atomic mass is 16.5. The van der Waals surface area contributed by atoms with Gasteiger partial charge in [0, 0.05) is 17.1 Å². The lowest BCUT2D eigenvalue weighted by molar-refractivity contribution is -0.141. The Bertz CT molecular complexity index is 928. The van der Waals surface area contributed by atoms with Crippen LogP contribution in [-0.2, 0) is 11.2 Å². The fourth-order valence-corrected chi connectivity index (χ4v) is 3.43. The highest BCUT2D eigenvalue weighted by Crippen LogP contribution is 2.22. The molecule has 1 aliphatic heterocycles. The third kappa shape index (κ3) is 3.30. The molecule has 134 valence electrons. The summed E-state index contributed by atoms with van der Waals surface area (Å²) in [5.41, 5.74) is 9.49. The third-order valence-electron chi connectivity index (χ3n) is 4.88. The fourth-order valence-electron chi connectivity index (χ4n) is 3.43. The van der Waals surface area contributed by atoms with Crippen LogP contribution in [0.15, 0.2) is 54.7 Å². The van der Waals surface area contributed by atoms with E-state index >= 15 is 0 Å². The number of para-hydroxylation sites is 1. The number of aromatic nitrogens is 1. The topological polar surface area (TPSA) is 71.3 Å². The van der Waals surface area contributed by atoms with Crippen LogP contribution in [0.5, 0.6) is 5.75 Å². The lowest BCUT2D eigenvalue weighted by Gasteiger charge is -2.40. The van der Waals surface area contributed by atoms with Crippen LogP contribution in [0, 0.1) is 6.92 Å². The lowest BCUT2D eigenvalue weighted by Crippen LogP contribution is -2.60. The molecular formula is C21H23N3O2. The Hall–Kier alpha value is -2.79. The Morgan fingerprint density at radius 2 is 2.08 bits per heavy atom. The van der Waals surface area contributed by atoms with Crippen LogP contribution in [0.4, 0.5) is 0 Å². The summed E-state index contributed by atoms with van der Waals surface area (Å²) in [6.07, 6.45) is 2.52. The molecule has 2 aromatic carbocycles. The molecule has 1 amide bonds. The van der Waals surface area contributed by atoms with E-state index in [0.29, 0.717) is 19.5 Å². The number of aryl methyl sites for hydroxylation is 1. The number of carbonyl (C=O) groups excluding carboxylic acids is 1. The van der Waals surface area contributed by atoms with E-state index in [1.807, 2.05) is 61.7 Å². The van der Waals surface area contributed by atoms with Crippen LogP contribution in [0.2, 0.25) is 0 Å². The number of fused-ring (bicyclic) bond motifs is 1. The van der Waals surface area contributed by atoms with Crippen molar-refractivity contribution in [3.63, 3.8) is 0 Å². The average molecular weight is 349 g/mol. The molecule has 5 heteroatoms. The molecule has 0 unspecified atom stereocenters. The minimum absolute atomic E-state index is 0.0145. The van der Waals surface area contributed by atoms with Crippen molar-refractivity contribution < 1.29 is 9.53 Å². The molecule has 1 aliphatic rings. The van der Waals surface area contributed by atoms with E-state index in [-0.39, 0.29) is 12.0 Å². The fraction of sp³-hybridized carbons (Fsp3) is 0.286. The summed E-state index contributed by atoms with van der Waals surface area (Å²) in [6.45, 7) is 3.22. The van der Waals surface area contributed by atoms with Gasteiger partial charge in [-0.2, -0.15) is 0 Å². The maximum absolute atomic E-state index is 12.6. The molecule has 0 bridgehead atoms. The molecule has 3 N–H and O–H groups in total. The Morgan fingerprint density at radius 3 is 2.88 bits per heavy atom. The van der Waals surface area contributed by atoms with Gasteiger partial charge in [0.2, 0.25) is 5.91 Å². The van der Waals surface area contributed by atoms with Gasteiger partial charge >= 0.3 is 0 Å². The van der Waals surface area contributed by atoms with E-state index in [1.165, 1.54) is 0 Å². The quantitative estimate of drug-likeness (QED) is 0.744. The van der Waals surface area contributed by atoms with Crippen molar-refractivity contribution in [2.45, 2.75) is 25.5 Å². The van der Waals surface area contributed by atoms with E-state index < -0.39 is 6.04 Å². The molecule has 26 heavy (non-hydrogen) atoms. The highest BCUT2D eigenvalue weighted by Gasteiger charge is 2.34. The smallest absolute Gasteiger partial charge is 0.240 e. The van der Waals surface area contributed by atoms with Gasteiger partial charge in [-0.25, -0.2) is 0 Å². The lowest BCUT2D eigenvalue weighted by atomic mass is 10.0. The van der Waals surface area contributed by atoms with Crippen molar-refractivity contribution >= 4 is 16.8 Å². The van der Waals surface area contributed by atoms with E-state index in [4.69, 9.17) is 10.5 Å². The Morgan fingerprint density at radius 1 is 1.27 bits per heavy atom. The number of rotatable bonds is 5. The van der Waals surface area contributed by atoms with Gasteiger partial charge in [0.15, 0.2) is 0 Å². The molecule has 0 aliphatic carbocycles. The SMILES string of the molecule is Cc1cccc(OC2CN(C(=O)[C@H](N)Cc3c[nH]c4ccccc34)C2)c1. The number of hydrogen-bond acceptors (Lipinski definition) is 3. The van der Waals surface area contributed by atoms with Gasteiger partial charge in [-0.15, -0.1) is 0 Å². The molecule has 1 atom stereocenters. The Kier molecular flexibility index (Phi) is 4.39. The van der Waals surface area contributed by atoms with Crippen molar-refractivity contribution in [2.75, 3.05) is 13.1 Å². The summed E-state index contributed by atoms with van der Waals surface area (Å²) in [7, 11) is 0. The van der Waals surface area contributed by atoms with Crippen LogP contribution >= 0.6 is 0 Å². The van der Waals surface area contributed by atoms with E-state index in [1.54, 1.807) is 4.90 Å². The number of nitrogens with zero attached hydrogens (tertiary/aromatic N) is 1. The van der Waals surface area contributed by atoms with E-state index in [2.05, 4.69) is 4.98 Å². The van der Waals surface area contributed by atoms with Crippen LogP contribution in [0.25, 0.3) is 10.9 Å². The second-order valence-electron chi connectivity index (χ2n) is 6.97. The zero-order valence-electron chi connectivity index (χ0n) is 14.8.